The van der Waals surface area contributed by atoms with E-state index in [1.807, 2.05) is 25.5 Å². The highest BCUT2D eigenvalue weighted by molar-refractivity contribution is 7.99. The second-order valence-corrected chi connectivity index (χ2v) is 4.39. The van der Waals surface area contributed by atoms with E-state index in [0.29, 0.717) is 5.75 Å². The molecule has 0 saturated carbocycles. The zero-order valence-corrected chi connectivity index (χ0v) is 9.71. The summed E-state index contributed by atoms with van der Waals surface area (Å²) < 4.78 is 1.86. The van der Waals surface area contributed by atoms with E-state index in [1.165, 1.54) is 0 Å². The number of hydrogen-bond donors (Lipinski definition) is 1. The van der Waals surface area contributed by atoms with E-state index in [4.69, 9.17) is 0 Å². The minimum atomic E-state index is -0.573. The summed E-state index contributed by atoms with van der Waals surface area (Å²) in [7, 11) is 1.90. The van der Waals surface area contributed by atoms with E-state index in [9.17, 15) is 5.11 Å². The van der Waals surface area contributed by atoms with Crippen LogP contribution >= 0.6 is 11.8 Å². The molecule has 1 heterocycles. The lowest BCUT2D eigenvalue weighted by Gasteiger charge is -2.23. The van der Waals surface area contributed by atoms with Crippen molar-refractivity contribution >= 4 is 11.8 Å². The quantitative estimate of drug-likeness (QED) is 0.755. The van der Waals surface area contributed by atoms with Crippen molar-refractivity contribution in [3.63, 3.8) is 0 Å². The van der Waals surface area contributed by atoms with Gasteiger partial charge in [0.2, 0.25) is 0 Å². The van der Waals surface area contributed by atoms with Crippen molar-refractivity contribution in [2.24, 2.45) is 7.05 Å². The molecule has 5 heteroatoms. The van der Waals surface area contributed by atoms with Crippen LogP contribution in [0.15, 0.2) is 11.5 Å². The minimum Gasteiger partial charge on any atom is -0.389 e. The maximum atomic E-state index is 10.0. The smallest absolute Gasteiger partial charge is 0.190 e. The molecule has 0 aliphatic rings. The lowest BCUT2D eigenvalue weighted by molar-refractivity contribution is 0.0571. The number of rotatable bonds is 5. The van der Waals surface area contributed by atoms with Crippen molar-refractivity contribution in [1.29, 1.82) is 0 Å². The second kappa shape index (κ2) is 4.79. The Morgan fingerprint density at radius 3 is 2.57 bits per heavy atom. The summed E-state index contributed by atoms with van der Waals surface area (Å²) in [4.78, 5) is 0. The molecule has 0 radical (unpaired) electrons. The van der Waals surface area contributed by atoms with E-state index >= 15 is 0 Å². The van der Waals surface area contributed by atoms with Crippen molar-refractivity contribution < 1.29 is 5.11 Å². The Hall–Kier alpha value is -0.550. The minimum absolute atomic E-state index is 0.573. The van der Waals surface area contributed by atoms with Gasteiger partial charge in [0.05, 0.1) is 5.60 Å². The van der Waals surface area contributed by atoms with Crippen molar-refractivity contribution in [2.75, 3.05) is 5.75 Å². The monoisotopic (exact) mass is 215 g/mol. The molecule has 1 aromatic heterocycles. The first-order valence-corrected chi connectivity index (χ1v) is 5.79. The number of hydrogen-bond acceptors (Lipinski definition) is 4. The lowest BCUT2D eigenvalue weighted by Crippen LogP contribution is -2.29. The zero-order valence-electron chi connectivity index (χ0n) is 8.90. The molecule has 0 amide bonds. The van der Waals surface area contributed by atoms with Gasteiger partial charge >= 0.3 is 0 Å². The maximum Gasteiger partial charge on any atom is 0.190 e. The molecule has 0 aliphatic heterocycles. The molecule has 1 aromatic rings. The molecule has 0 spiro atoms. The Morgan fingerprint density at radius 2 is 2.14 bits per heavy atom. The molecule has 0 unspecified atom stereocenters. The molecule has 0 fully saturated rings. The summed E-state index contributed by atoms with van der Waals surface area (Å²) in [6, 6.07) is 0. The molecule has 0 aromatic carbocycles. The van der Waals surface area contributed by atoms with Crippen molar-refractivity contribution in [3.8, 4) is 0 Å². The molecule has 1 rings (SSSR count). The summed E-state index contributed by atoms with van der Waals surface area (Å²) in [6.07, 6.45) is 3.21. The van der Waals surface area contributed by atoms with Gasteiger partial charge in [0.25, 0.3) is 0 Å². The Bertz CT molecular complexity index is 283. The first-order valence-electron chi connectivity index (χ1n) is 4.80. The Morgan fingerprint density at radius 1 is 1.50 bits per heavy atom. The van der Waals surface area contributed by atoms with Crippen LogP contribution in [0, 0.1) is 0 Å². The molecule has 0 atom stereocenters. The Balaban J connectivity index is 2.52. The van der Waals surface area contributed by atoms with Gasteiger partial charge in [-0.3, -0.25) is 0 Å². The SMILES string of the molecule is CCC(O)(CC)CSc1nncn1C. The fraction of sp³-hybridized carbons (Fsp3) is 0.778. The summed E-state index contributed by atoms with van der Waals surface area (Å²) >= 11 is 1.55. The lowest BCUT2D eigenvalue weighted by atomic mass is 10.0. The average molecular weight is 215 g/mol. The van der Waals surface area contributed by atoms with Gasteiger partial charge in [-0.25, -0.2) is 0 Å². The predicted octanol–water partition coefficient (Wildman–Crippen LogP) is 1.46. The van der Waals surface area contributed by atoms with Gasteiger partial charge in [-0.15, -0.1) is 10.2 Å². The summed E-state index contributed by atoms with van der Waals surface area (Å²) in [5.74, 6) is 0.673. The fourth-order valence-electron chi connectivity index (χ4n) is 1.06. The van der Waals surface area contributed by atoms with Gasteiger partial charge in [-0.1, -0.05) is 25.6 Å². The first kappa shape index (κ1) is 11.5. The molecular weight excluding hydrogens is 198 g/mol. The molecule has 1 N–H and O–H groups in total. The standard InChI is InChI=1S/C9H17N3OS/c1-4-9(13,5-2)6-14-8-11-10-7-12(8)3/h7,13H,4-6H2,1-3H3. The van der Waals surface area contributed by atoms with E-state index in [1.54, 1.807) is 18.1 Å². The third-order valence-corrected chi connectivity index (χ3v) is 3.77. The Labute approximate surface area is 88.7 Å². The number of thioether (sulfide) groups is 1. The van der Waals surface area contributed by atoms with Gasteiger partial charge in [0, 0.05) is 12.8 Å². The highest BCUT2D eigenvalue weighted by atomic mass is 32.2. The summed E-state index contributed by atoms with van der Waals surface area (Å²) in [5, 5.41) is 18.6. The van der Waals surface area contributed by atoms with Gasteiger partial charge in [-0.2, -0.15) is 0 Å². The molecule has 4 nitrogen and oxygen atoms in total. The van der Waals surface area contributed by atoms with Crippen LogP contribution < -0.4 is 0 Å². The van der Waals surface area contributed by atoms with Crippen LogP contribution in [-0.2, 0) is 7.05 Å². The zero-order chi connectivity index (χ0) is 10.6. The largest absolute Gasteiger partial charge is 0.389 e. The molecule has 0 aliphatic carbocycles. The van der Waals surface area contributed by atoms with Crippen molar-refractivity contribution in [2.45, 2.75) is 37.4 Å². The van der Waals surface area contributed by atoms with Crippen LogP contribution in [0.2, 0.25) is 0 Å². The van der Waals surface area contributed by atoms with Crippen molar-refractivity contribution in [3.05, 3.63) is 6.33 Å². The van der Waals surface area contributed by atoms with Crippen LogP contribution in [0.3, 0.4) is 0 Å². The molecular formula is C9H17N3OS. The van der Waals surface area contributed by atoms with E-state index in [0.717, 1.165) is 18.0 Å². The van der Waals surface area contributed by atoms with Crippen LogP contribution in [0.4, 0.5) is 0 Å². The first-order chi connectivity index (χ1) is 6.61. The van der Waals surface area contributed by atoms with Gasteiger partial charge in [0.15, 0.2) is 5.16 Å². The summed E-state index contributed by atoms with van der Waals surface area (Å²) in [5.41, 5.74) is -0.573. The van der Waals surface area contributed by atoms with Crippen LogP contribution in [0.1, 0.15) is 26.7 Å². The summed E-state index contributed by atoms with van der Waals surface area (Å²) in [6.45, 7) is 4.00. The van der Waals surface area contributed by atoms with Gasteiger partial charge in [-0.05, 0) is 12.8 Å². The van der Waals surface area contributed by atoms with Gasteiger partial charge < -0.3 is 9.67 Å². The fourth-order valence-corrected chi connectivity index (χ4v) is 2.22. The van der Waals surface area contributed by atoms with E-state index in [2.05, 4.69) is 10.2 Å². The van der Waals surface area contributed by atoms with Crippen molar-refractivity contribution in [1.82, 2.24) is 14.8 Å². The third-order valence-electron chi connectivity index (χ3n) is 2.46. The van der Waals surface area contributed by atoms with Crippen LogP contribution in [-0.4, -0.2) is 31.2 Å². The topological polar surface area (TPSA) is 50.9 Å². The second-order valence-electron chi connectivity index (χ2n) is 3.44. The van der Waals surface area contributed by atoms with Crippen LogP contribution in [0.25, 0.3) is 0 Å². The maximum absolute atomic E-state index is 10.0. The highest BCUT2D eigenvalue weighted by Crippen LogP contribution is 2.24. The van der Waals surface area contributed by atoms with Gasteiger partial charge in [0.1, 0.15) is 6.33 Å². The number of aromatic nitrogens is 3. The van der Waals surface area contributed by atoms with Crippen LogP contribution in [0.5, 0.6) is 0 Å². The highest BCUT2D eigenvalue weighted by Gasteiger charge is 2.23. The number of nitrogens with zero attached hydrogens (tertiary/aromatic N) is 3. The normalized spacial score (nSPS) is 12.0. The van der Waals surface area contributed by atoms with E-state index in [-0.39, 0.29) is 0 Å². The number of aliphatic hydroxyl groups is 1. The number of aryl methyl sites for hydroxylation is 1. The van der Waals surface area contributed by atoms with E-state index < -0.39 is 5.60 Å². The molecule has 0 bridgehead atoms. The average Bonchev–Trinajstić information content (AvgIpc) is 2.61. The Kier molecular flexibility index (Phi) is 3.95. The predicted molar refractivity (Wildman–Crippen MR) is 57.3 cm³/mol. The molecule has 80 valence electrons. The molecule has 0 saturated heterocycles. The third kappa shape index (κ3) is 2.72. The molecule has 14 heavy (non-hydrogen) atoms.